The van der Waals surface area contributed by atoms with Crippen LogP contribution in [0.5, 0.6) is 0 Å². The summed E-state index contributed by atoms with van der Waals surface area (Å²) in [6.45, 7) is 13.7. The van der Waals surface area contributed by atoms with Gasteiger partial charge in [-0.25, -0.2) is 4.79 Å². The maximum Gasteiger partial charge on any atom is 0.338 e. The second-order valence-electron chi connectivity index (χ2n) is 7.29. The Morgan fingerprint density at radius 3 is 2.38 bits per heavy atom. The first-order valence-corrected chi connectivity index (χ1v) is 10.7. The molecule has 1 heterocycles. The maximum absolute atomic E-state index is 12.3. The minimum atomic E-state index is -1.99. The van der Waals surface area contributed by atoms with Gasteiger partial charge in [0.1, 0.15) is 0 Å². The van der Waals surface area contributed by atoms with Gasteiger partial charge in [0.25, 0.3) is 0 Å². The van der Waals surface area contributed by atoms with Crippen LogP contribution in [0.2, 0.25) is 18.1 Å². The number of carbonyl (C=O) groups excluding carboxylic acids is 1. The standard InChI is InChI=1S/C15H30N2O3Si/c1-8-9-12(20-21(6,7)14(2,3)4)15(13(18)19-5)10-11-16-17-15/h12H,8-11H2,1-7H3/t12-,15-/m1/s1. The number of rotatable bonds is 6. The molecule has 0 bridgehead atoms. The minimum absolute atomic E-state index is 0.0893. The van der Waals surface area contributed by atoms with E-state index in [2.05, 4.69) is 51.0 Å². The quantitative estimate of drug-likeness (QED) is 0.551. The number of azo groups is 1. The van der Waals surface area contributed by atoms with E-state index in [9.17, 15) is 4.79 Å². The lowest BCUT2D eigenvalue weighted by Crippen LogP contribution is -2.55. The molecule has 0 aromatic carbocycles. The van der Waals surface area contributed by atoms with Gasteiger partial charge in [0, 0.05) is 6.42 Å². The van der Waals surface area contributed by atoms with Crippen LogP contribution in [0.15, 0.2) is 10.2 Å². The zero-order valence-corrected chi connectivity index (χ0v) is 15.5. The number of esters is 1. The molecule has 0 aromatic heterocycles. The average molecular weight is 315 g/mol. The van der Waals surface area contributed by atoms with Crippen molar-refractivity contribution in [3.05, 3.63) is 0 Å². The molecule has 21 heavy (non-hydrogen) atoms. The molecular formula is C15H30N2O3Si. The van der Waals surface area contributed by atoms with Crippen LogP contribution in [0.4, 0.5) is 0 Å². The Balaban J connectivity index is 3.10. The Hall–Kier alpha value is -0.753. The monoisotopic (exact) mass is 314 g/mol. The van der Waals surface area contributed by atoms with Crippen LogP contribution in [0.1, 0.15) is 47.0 Å². The van der Waals surface area contributed by atoms with E-state index in [0.29, 0.717) is 13.0 Å². The SMILES string of the molecule is CCC[C@@H](O[Si](C)(C)C(C)(C)C)[C@@]1(C(=O)OC)CCN=N1. The Morgan fingerprint density at radius 2 is 2.00 bits per heavy atom. The van der Waals surface area contributed by atoms with Crippen molar-refractivity contribution in [2.24, 2.45) is 10.2 Å². The summed E-state index contributed by atoms with van der Waals surface area (Å²) in [6, 6.07) is 0. The van der Waals surface area contributed by atoms with Crippen molar-refractivity contribution >= 4 is 14.3 Å². The molecule has 0 saturated carbocycles. The average Bonchev–Trinajstić information content (AvgIpc) is 2.86. The number of carbonyl (C=O) groups is 1. The molecule has 0 amide bonds. The summed E-state index contributed by atoms with van der Waals surface area (Å²) in [5, 5.41) is 8.42. The number of hydrogen-bond acceptors (Lipinski definition) is 5. The molecule has 1 rings (SSSR count). The highest BCUT2D eigenvalue weighted by molar-refractivity contribution is 6.74. The predicted octanol–water partition coefficient (Wildman–Crippen LogP) is 3.94. The van der Waals surface area contributed by atoms with Gasteiger partial charge < -0.3 is 9.16 Å². The van der Waals surface area contributed by atoms with Crippen molar-refractivity contribution < 1.29 is 14.0 Å². The third-order valence-corrected chi connectivity index (χ3v) is 9.19. The largest absolute Gasteiger partial charge is 0.467 e. The first-order valence-electron chi connectivity index (χ1n) is 7.75. The highest BCUT2D eigenvalue weighted by Crippen LogP contribution is 2.41. The van der Waals surface area contributed by atoms with Gasteiger partial charge in [-0.3, -0.25) is 0 Å². The Morgan fingerprint density at radius 1 is 1.38 bits per heavy atom. The second kappa shape index (κ2) is 6.56. The summed E-state index contributed by atoms with van der Waals surface area (Å²) in [4.78, 5) is 12.3. The van der Waals surface area contributed by atoms with E-state index in [4.69, 9.17) is 9.16 Å². The van der Waals surface area contributed by atoms with E-state index >= 15 is 0 Å². The van der Waals surface area contributed by atoms with Crippen LogP contribution >= 0.6 is 0 Å². The van der Waals surface area contributed by atoms with Gasteiger partial charge in [-0.15, -0.1) is 0 Å². The molecule has 122 valence electrons. The highest BCUT2D eigenvalue weighted by atomic mass is 28.4. The normalized spacial score (nSPS) is 24.1. The van der Waals surface area contributed by atoms with Crippen molar-refractivity contribution in [3.8, 4) is 0 Å². The molecule has 0 aromatic rings. The minimum Gasteiger partial charge on any atom is -0.467 e. The van der Waals surface area contributed by atoms with E-state index in [1.807, 2.05) is 0 Å². The van der Waals surface area contributed by atoms with Crippen LogP contribution in [0, 0.1) is 0 Å². The zero-order chi connectivity index (χ0) is 16.3. The summed E-state index contributed by atoms with van der Waals surface area (Å²) in [5.74, 6) is -0.319. The summed E-state index contributed by atoms with van der Waals surface area (Å²) in [7, 11) is -0.578. The van der Waals surface area contributed by atoms with Gasteiger partial charge in [-0.05, 0) is 24.6 Å². The lowest BCUT2D eigenvalue weighted by atomic mass is 9.88. The number of hydrogen-bond donors (Lipinski definition) is 0. The van der Waals surface area contributed by atoms with Crippen LogP contribution < -0.4 is 0 Å². The van der Waals surface area contributed by atoms with Gasteiger partial charge in [-0.2, -0.15) is 10.2 Å². The fraction of sp³-hybridized carbons (Fsp3) is 0.933. The summed E-state index contributed by atoms with van der Waals surface area (Å²) >= 11 is 0. The molecule has 2 atom stereocenters. The van der Waals surface area contributed by atoms with Crippen molar-refractivity contribution in [1.82, 2.24) is 0 Å². The molecule has 0 N–H and O–H groups in total. The van der Waals surface area contributed by atoms with E-state index in [1.54, 1.807) is 0 Å². The Labute approximate surface area is 129 Å². The zero-order valence-electron chi connectivity index (χ0n) is 14.5. The lowest BCUT2D eigenvalue weighted by Gasteiger charge is -2.42. The number of methoxy groups -OCH3 is 1. The van der Waals surface area contributed by atoms with E-state index in [1.165, 1.54) is 7.11 Å². The predicted molar refractivity (Wildman–Crippen MR) is 86.1 cm³/mol. The van der Waals surface area contributed by atoms with Gasteiger partial charge in [0.15, 0.2) is 8.32 Å². The van der Waals surface area contributed by atoms with Crippen molar-refractivity contribution in [1.29, 1.82) is 0 Å². The molecular weight excluding hydrogens is 284 g/mol. The Kier molecular flexibility index (Phi) is 5.72. The third-order valence-electron chi connectivity index (χ3n) is 4.71. The van der Waals surface area contributed by atoms with Crippen LogP contribution in [0.3, 0.4) is 0 Å². The molecule has 0 aliphatic carbocycles. The third kappa shape index (κ3) is 3.72. The van der Waals surface area contributed by atoms with Gasteiger partial charge in [0.2, 0.25) is 5.54 Å². The molecule has 1 aliphatic rings. The van der Waals surface area contributed by atoms with Crippen LogP contribution in [-0.2, 0) is 14.0 Å². The molecule has 6 heteroatoms. The first kappa shape index (κ1) is 18.3. The molecule has 0 saturated heterocycles. The second-order valence-corrected chi connectivity index (χ2v) is 12.0. The first-order chi connectivity index (χ1) is 9.60. The molecule has 0 fully saturated rings. The fourth-order valence-corrected chi connectivity index (χ4v) is 3.69. The van der Waals surface area contributed by atoms with Crippen LogP contribution in [0.25, 0.3) is 0 Å². The molecule has 5 nitrogen and oxygen atoms in total. The van der Waals surface area contributed by atoms with Gasteiger partial charge in [-0.1, -0.05) is 34.1 Å². The van der Waals surface area contributed by atoms with E-state index in [0.717, 1.165) is 12.8 Å². The van der Waals surface area contributed by atoms with Gasteiger partial charge >= 0.3 is 5.97 Å². The molecule has 1 aliphatic heterocycles. The molecule has 0 spiro atoms. The topological polar surface area (TPSA) is 60.2 Å². The highest BCUT2D eigenvalue weighted by Gasteiger charge is 2.53. The Bertz CT molecular complexity index is 404. The number of nitrogens with zero attached hydrogens (tertiary/aromatic N) is 2. The van der Waals surface area contributed by atoms with E-state index < -0.39 is 13.9 Å². The van der Waals surface area contributed by atoms with Crippen molar-refractivity contribution in [2.75, 3.05) is 13.7 Å². The van der Waals surface area contributed by atoms with Crippen LogP contribution in [-0.4, -0.2) is 39.6 Å². The van der Waals surface area contributed by atoms with E-state index in [-0.39, 0.29) is 17.1 Å². The van der Waals surface area contributed by atoms with Crippen molar-refractivity contribution in [3.63, 3.8) is 0 Å². The molecule has 0 radical (unpaired) electrons. The summed E-state index contributed by atoms with van der Waals surface area (Å²) in [5.41, 5.74) is -0.944. The van der Waals surface area contributed by atoms with Crippen molar-refractivity contribution in [2.45, 2.75) is 76.7 Å². The summed E-state index contributed by atoms with van der Waals surface area (Å²) < 4.78 is 11.5. The maximum atomic E-state index is 12.3. The molecule has 0 unspecified atom stereocenters. The van der Waals surface area contributed by atoms with Gasteiger partial charge in [0.05, 0.1) is 19.8 Å². The lowest BCUT2D eigenvalue weighted by molar-refractivity contribution is -0.151. The summed E-state index contributed by atoms with van der Waals surface area (Å²) in [6.07, 6.45) is 2.06. The smallest absolute Gasteiger partial charge is 0.338 e. The number of ether oxygens (including phenoxy) is 1. The fourth-order valence-electron chi connectivity index (χ4n) is 2.31.